The maximum atomic E-state index is 12.9. The first-order valence-corrected chi connectivity index (χ1v) is 12.6. The Balaban J connectivity index is 1.81. The van der Waals surface area contributed by atoms with Gasteiger partial charge in [-0.15, -0.1) is 11.3 Å². The van der Waals surface area contributed by atoms with Gasteiger partial charge in [0.15, 0.2) is 16.6 Å². The molecule has 0 saturated carbocycles. The van der Waals surface area contributed by atoms with Crippen LogP contribution in [-0.2, 0) is 10.0 Å². The van der Waals surface area contributed by atoms with E-state index in [1.807, 2.05) is 24.5 Å². The van der Waals surface area contributed by atoms with Crippen molar-refractivity contribution in [1.82, 2.24) is 4.98 Å². The topological polar surface area (TPSA) is 97.8 Å². The lowest BCUT2D eigenvalue weighted by Gasteiger charge is -2.16. The van der Waals surface area contributed by atoms with Crippen molar-refractivity contribution >= 4 is 44.2 Å². The summed E-state index contributed by atoms with van der Waals surface area (Å²) in [6.07, 6.45) is 4.84. The molecular weight excluding hydrogens is 462 g/mol. The van der Waals surface area contributed by atoms with Crippen molar-refractivity contribution in [3.05, 3.63) is 59.0 Å². The number of benzene rings is 2. The third-order valence-corrected chi connectivity index (χ3v) is 6.83. The Bertz CT molecular complexity index is 1280. The predicted molar refractivity (Wildman–Crippen MR) is 133 cm³/mol. The number of methoxy groups -OCH3 is 2. The standard InChI is InChI=1S/C23H25N3O5S2/c1-6-7-16-12-17(13-20(30-3)21(16)31-4)22(27)25-23-24-19(14-32-23)15-8-10-18(11-9-15)26(2)33(5,28)29/h6-14H,1-5H3,(H,24,25,27)/b7-6+. The van der Waals surface area contributed by atoms with Crippen molar-refractivity contribution in [2.24, 2.45) is 0 Å². The predicted octanol–water partition coefficient (Wildman–Crippen LogP) is 4.51. The number of hydrogen-bond acceptors (Lipinski definition) is 7. The van der Waals surface area contributed by atoms with E-state index in [2.05, 4.69) is 10.3 Å². The van der Waals surface area contributed by atoms with Crippen LogP contribution in [0.15, 0.2) is 47.9 Å². The summed E-state index contributed by atoms with van der Waals surface area (Å²) in [6.45, 7) is 1.88. The maximum Gasteiger partial charge on any atom is 0.257 e. The molecule has 0 bridgehead atoms. The first-order valence-electron chi connectivity index (χ1n) is 9.87. The number of amides is 1. The van der Waals surface area contributed by atoms with Gasteiger partial charge in [-0.3, -0.25) is 14.4 Å². The number of aromatic nitrogens is 1. The molecule has 8 nitrogen and oxygen atoms in total. The van der Waals surface area contributed by atoms with Crippen molar-refractivity contribution in [2.75, 3.05) is 37.1 Å². The van der Waals surface area contributed by atoms with E-state index in [0.717, 1.165) is 17.4 Å². The monoisotopic (exact) mass is 487 g/mol. The Hall–Kier alpha value is -3.37. The zero-order valence-corrected chi connectivity index (χ0v) is 20.6. The minimum absolute atomic E-state index is 0.326. The first-order chi connectivity index (χ1) is 15.7. The second-order valence-electron chi connectivity index (χ2n) is 7.07. The molecule has 1 N–H and O–H groups in total. The van der Waals surface area contributed by atoms with Crippen LogP contribution in [0, 0.1) is 0 Å². The fourth-order valence-electron chi connectivity index (χ4n) is 3.09. The molecular formula is C23H25N3O5S2. The van der Waals surface area contributed by atoms with Crippen LogP contribution in [0.4, 0.5) is 10.8 Å². The fourth-order valence-corrected chi connectivity index (χ4v) is 4.31. The normalized spacial score (nSPS) is 11.4. The van der Waals surface area contributed by atoms with Crippen LogP contribution in [0.3, 0.4) is 0 Å². The van der Waals surface area contributed by atoms with Crippen LogP contribution < -0.4 is 19.1 Å². The highest BCUT2D eigenvalue weighted by molar-refractivity contribution is 7.92. The molecule has 0 radical (unpaired) electrons. The number of sulfonamides is 1. The maximum absolute atomic E-state index is 12.9. The van der Waals surface area contributed by atoms with E-state index >= 15 is 0 Å². The molecule has 0 spiro atoms. The molecule has 0 fully saturated rings. The molecule has 0 aliphatic rings. The molecule has 3 aromatic rings. The van der Waals surface area contributed by atoms with Crippen molar-refractivity contribution < 1.29 is 22.7 Å². The number of nitrogens with zero attached hydrogens (tertiary/aromatic N) is 2. The summed E-state index contributed by atoms with van der Waals surface area (Å²) in [5, 5.41) is 5.08. The van der Waals surface area contributed by atoms with E-state index in [0.29, 0.717) is 33.6 Å². The summed E-state index contributed by atoms with van der Waals surface area (Å²) in [7, 11) is 1.23. The van der Waals surface area contributed by atoms with Crippen LogP contribution in [0.25, 0.3) is 17.3 Å². The third-order valence-electron chi connectivity index (χ3n) is 4.86. The van der Waals surface area contributed by atoms with Crippen LogP contribution in [-0.4, -0.2) is 46.8 Å². The average Bonchev–Trinajstić information content (AvgIpc) is 3.26. The quantitative estimate of drug-likeness (QED) is 0.502. The van der Waals surface area contributed by atoms with E-state index < -0.39 is 10.0 Å². The minimum Gasteiger partial charge on any atom is -0.493 e. The van der Waals surface area contributed by atoms with Crippen LogP contribution >= 0.6 is 11.3 Å². The number of thiazole rings is 1. The Kier molecular flexibility index (Phi) is 7.39. The molecule has 1 aromatic heterocycles. The van der Waals surface area contributed by atoms with Gasteiger partial charge in [-0.25, -0.2) is 13.4 Å². The lowest BCUT2D eigenvalue weighted by molar-refractivity contribution is 0.102. The molecule has 1 amide bonds. The van der Waals surface area contributed by atoms with Crippen molar-refractivity contribution in [3.8, 4) is 22.8 Å². The smallest absolute Gasteiger partial charge is 0.257 e. The van der Waals surface area contributed by atoms with Crippen LogP contribution in [0.2, 0.25) is 0 Å². The van der Waals surface area contributed by atoms with E-state index in [4.69, 9.17) is 9.47 Å². The van der Waals surface area contributed by atoms with Crippen molar-refractivity contribution in [1.29, 1.82) is 0 Å². The zero-order valence-electron chi connectivity index (χ0n) is 18.9. The molecule has 10 heteroatoms. The van der Waals surface area contributed by atoms with E-state index in [1.54, 1.807) is 43.5 Å². The molecule has 3 rings (SSSR count). The van der Waals surface area contributed by atoms with Gasteiger partial charge in [0.05, 0.1) is 31.9 Å². The molecule has 0 saturated heterocycles. The van der Waals surface area contributed by atoms with Crippen LogP contribution in [0.1, 0.15) is 22.8 Å². The van der Waals surface area contributed by atoms with Gasteiger partial charge in [-0.05, 0) is 31.2 Å². The number of carbonyl (C=O) groups is 1. The molecule has 33 heavy (non-hydrogen) atoms. The summed E-state index contributed by atoms with van der Waals surface area (Å²) in [5.74, 6) is 0.679. The molecule has 2 aromatic carbocycles. The Morgan fingerprint density at radius 2 is 1.85 bits per heavy atom. The van der Waals surface area contributed by atoms with Gasteiger partial charge in [0, 0.05) is 29.1 Å². The van der Waals surface area contributed by atoms with Crippen molar-refractivity contribution in [3.63, 3.8) is 0 Å². The molecule has 174 valence electrons. The van der Waals surface area contributed by atoms with E-state index in [1.165, 1.54) is 29.8 Å². The van der Waals surface area contributed by atoms with Gasteiger partial charge in [-0.2, -0.15) is 0 Å². The molecule has 0 aliphatic carbocycles. The highest BCUT2D eigenvalue weighted by atomic mass is 32.2. The molecule has 0 aliphatic heterocycles. The zero-order chi connectivity index (χ0) is 24.2. The summed E-state index contributed by atoms with van der Waals surface area (Å²) >= 11 is 1.29. The second kappa shape index (κ2) is 10.1. The van der Waals surface area contributed by atoms with Gasteiger partial charge in [0.25, 0.3) is 5.91 Å². The number of nitrogens with one attached hydrogen (secondary N) is 1. The largest absolute Gasteiger partial charge is 0.493 e. The summed E-state index contributed by atoms with van der Waals surface area (Å²) in [4.78, 5) is 17.4. The average molecular weight is 488 g/mol. The lowest BCUT2D eigenvalue weighted by Crippen LogP contribution is -2.24. The summed E-state index contributed by atoms with van der Waals surface area (Å²) in [5.41, 5.74) is 3.16. The second-order valence-corrected chi connectivity index (χ2v) is 9.94. The molecule has 0 atom stereocenters. The Morgan fingerprint density at radius 1 is 1.15 bits per heavy atom. The van der Waals surface area contributed by atoms with Gasteiger partial charge in [0.1, 0.15) is 0 Å². The highest BCUT2D eigenvalue weighted by Gasteiger charge is 2.17. The number of hydrogen-bond donors (Lipinski definition) is 1. The Morgan fingerprint density at radius 3 is 2.42 bits per heavy atom. The molecule has 0 unspecified atom stereocenters. The van der Waals surface area contributed by atoms with Gasteiger partial charge >= 0.3 is 0 Å². The number of anilines is 2. The Labute approximate surface area is 197 Å². The van der Waals surface area contributed by atoms with E-state index in [-0.39, 0.29) is 5.91 Å². The number of allylic oxidation sites excluding steroid dienone is 1. The van der Waals surface area contributed by atoms with Crippen LogP contribution in [0.5, 0.6) is 11.5 Å². The third kappa shape index (κ3) is 5.52. The van der Waals surface area contributed by atoms with Crippen molar-refractivity contribution in [2.45, 2.75) is 6.92 Å². The summed E-state index contributed by atoms with van der Waals surface area (Å²) in [6, 6.07) is 10.3. The molecule has 1 heterocycles. The minimum atomic E-state index is -3.33. The fraction of sp³-hybridized carbons (Fsp3) is 0.217. The highest BCUT2D eigenvalue weighted by Crippen LogP contribution is 2.34. The summed E-state index contributed by atoms with van der Waals surface area (Å²) < 4.78 is 35.4. The van der Waals surface area contributed by atoms with Gasteiger partial charge < -0.3 is 9.47 Å². The first kappa shape index (κ1) is 24.3. The SMILES string of the molecule is C/C=C/c1cc(C(=O)Nc2nc(-c3ccc(N(C)S(C)(=O)=O)cc3)cs2)cc(OC)c1OC. The number of ether oxygens (including phenoxy) is 2. The number of carbonyl (C=O) groups excluding carboxylic acids is 1. The van der Waals surface area contributed by atoms with E-state index in [9.17, 15) is 13.2 Å². The van der Waals surface area contributed by atoms with Gasteiger partial charge in [-0.1, -0.05) is 24.3 Å². The number of rotatable bonds is 8. The lowest BCUT2D eigenvalue weighted by atomic mass is 10.1. The van der Waals surface area contributed by atoms with Gasteiger partial charge in [0.2, 0.25) is 10.0 Å².